The molecule has 0 radical (unpaired) electrons. The summed E-state index contributed by atoms with van der Waals surface area (Å²) in [4.78, 5) is 19.6. The fourth-order valence-electron chi connectivity index (χ4n) is 3.00. The summed E-state index contributed by atoms with van der Waals surface area (Å²) >= 11 is 1.28. The van der Waals surface area contributed by atoms with Crippen molar-refractivity contribution in [3.8, 4) is 40.1 Å². The molecule has 0 unspecified atom stereocenters. The van der Waals surface area contributed by atoms with E-state index in [2.05, 4.69) is 15.1 Å². The summed E-state index contributed by atoms with van der Waals surface area (Å²) in [5, 5.41) is 13.9. The van der Waals surface area contributed by atoms with Crippen molar-refractivity contribution in [3.63, 3.8) is 0 Å². The lowest BCUT2D eigenvalue weighted by molar-refractivity contribution is 0.397. The SMILES string of the molecule is COc1ccc(-c2cc(CSc3nc(-c4ccc(OC)cc4)c(C#N)c(=O)[nH]3)on2)cc1. The van der Waals surface area contributed by atoms with Crippen LogP contribution in [0.1, 0.15) is 11.3 Å². The minimum atomic E-state index is -0.493. The topological polar surface area (TPSA) is 114 Å². The van der Waals surface area contributed by atoms with Gasteiger partial charge in [0.1, 0.15) is 34.6 Å². The number of ether oxygens (including phenoxy) is 2. The average molecular weight is 446 g/mol. The van der Waals surface area contributed by atoms with Crippen LogP contribution in [0.2, 0.25) is 0 Å². The van der Waals surface area contributed by atoms with E-state index in [1.54, 1.807) is 38.5 Å². The number of nitrogens with zero attached hydrogens (tertiary/aromatic N) is 3. The number of rotatable bonds is 7. The molecule has 8 nitrogen and oxygen atoms in total. The second kappa shape index (κ2) is 9.41. The van der Waals surface area contributed by atoms with E-state index in [1.165, 1.54) is 11.8 Å². The Bertz CT molecular complexity index is 1320. The molecule has 0 saturated heterocycles. The lowest BCUT2D eigenvalue weighted by Crippen LogP contribution is -2.14. The van der Waals surface area contributed by atoms with Crippen molar-refractivity contribution < 1.29 is 14.0 Å². The molecule has 0 aliphatic heterocycles. The molecule has 0 bridgehead atoms. The summed E-state index contributed by atoms with van der Waals surface area (Å²) in [6, 6.07) is 18.3. The van der Waals surface area contributed by atoms with Gasteiger partial charge >= 0.3 is 0 Å². The van der Waals surface area contributed by atoms with Gasteiger partial charge in [-0.15, -0.1) is 0 Å². The minimum absolute atomic E-state index is 0.0408. The van der Waals surface area contributed by atoms with Gasteiger partial charge in [-0.1, -0.05) is 16.9 Å². The summed E-state index contributed by atoms with van der Waals surface area (Å²) < 4.78 is 15.8. The van der Waals surface area contributed by atoms with Crippen LogP contribution in [0.3, 0.4) is 0 Å². The number of nitrogens with one attached hydrogen (secondary N) is 1. The molecule has 9 heteroatoms. The number of benzene rings is 2. The fourth-order valence-corrected chi connectivity index (χ4v) is 3.74. The van der Waals surface area contributed by atoms with Crippen LogP contribution in [0, 0.1) is 11.3 Å². The Kier molecular flexibility index (Phi) is 6.24. The molecule has 1 N–H and O–H groups in total. The third-order valence-electron chi connectivity index (χ3n) is 4.67. The maximum Gasteiger partial charge on any atom is 0.270 e. The van der Waals surface area contributed by atoms with Crippen LogP contribution >= 0.6 is 11.8 Å². The van der Waals surface area contributed by atoms with E-state index >= 15 is 0 Å². The molecule has 32 heavy (non-hydrogen) atoms. The Labute approximate surface area is 187 Å². The number of H-pyrrole nitrogens is 1. The van der Waals surface area contributed by atoms with Gasteiger partial charge < -0.3 is 19.0 Å². The van der Waals surface area contributed by atoms with Crippen LogP contribution in [-0.4, -0.2) is 29.3 Å². The highest BCUT2D eigenvalue weighted by atomic mass is 32.2. The Morgan fingerprint density at radius 2 is 1.66 bits per heavy atom. The molecule has 0 amide bonds. The monoisotopic (exact) mass is 446 g/mol. The van der Waals surface area contributed by atoms with Crippen molar-refractivity contribution in [1.29, 1.82) is 5.26 Å². The molecule has 2 aromatic carbocycles. The van der Waals surface area contributed by atoms with E-state index in [0.29, 0.717) is 39.4 Å². The van der Waals surface area contributed by atoms with Crippen molar-refractivity contribution in [3.05, 3.63) is 76.3 Å². The number of nitriles is 1. The number of hydrogen-bond acceptors (Lipinski definition) is 8. The van der Waals surface area contributed by atoms with E-state index in [0.717, 1.165) is 11.3 Å². The Balaban J connectivity index is 1.54. The maximum absolute atomic E-state index is 12.4. The largest absolute Gasteiger partial charge is 0.497 e. The molecule has 4 rings (SSSR count). The molecule has 0 aliphatic rings. The van der Waals surface area contributed by atoms with Gasteiger partial charge in [0, 0.05) is 17.2 Å². The second-order valence-corrected chi connectivity index (χ2v) is 7.59. The van der Waals surface area contributed by atoms with Crippen molar-refractivity contribution in [2.24, 2.45) is 0 Å². The molecule has 2 aromatic heterocycles. The standard InChI is InChI=1S/C23H18N4O4S/c1-29-16-7-3-14(4-8-16)20-11-18(31-27-20)13-32-23-25-21(19(12-24)22(28)26-23)15-5-9-17(30-2)10-6-15/h3-11H,13H2,1-2H3,(H,25,26,28). The predicted octanol–water partition coefficient (Wildman–Crippen LogP) is 4.27. The smallest absolute Gasteiger partial charge is 0.270 e. The van der Waals surface area contributed by atoms with Crippen molar-refractivity contribution in [2.45, 2.75) is 10.9 Å². The summed E-state index contributed by atoms with van der Waals surface area (Å²) in [6.07, 6.45) is 0. The summed E-state index contributed by atoms with van der Waals surface area (Å²) in [6.45, 7) is 0. The van der Waals surface area contributed by atoms with E-state index in [9.17, 15) is 10.1 Å². The van der Waals surface area contributed by atoms with Gasteiger partial charge in [0.2, 0.25) is 0 Å². The van der Waals surface area contributed by atoms with Crippen LogP contribution in [0.4, 0.5) is 0 Å². The molecule has 0 atom stereocenters. The number of thioether (sulfide) groups is 1. The Morgan fingerprint density at radius 1 is 1.03 bits per heavy atom. The molecule has 4 aromatic rings. The third-order valence-corrected chi connectivity index (χ3v) is 5.56. The van der Waals surface area contributed by atoms with Gasteiger partial charge in [-0.2, -0.15) is 5.26 Å². The molecule has 2 heterocycles. The molecular formula is C23H18N4O4S. The average Bonchev–Trinajstić information content (AvgIpc) is 3.31. The highest BCUT2D eigenvalue weighted by Gasteiger charge is 2.15. The van der Waals surface area contributed by atoms with Gasteiger partial charge in [-0.25, -0.2) is 4.98 Å². The van der Waals surface area contributed by atoms with Crippen LogP contribution in [0.15, 0.2) is 69.1 Å². The zero-order valence-electron chi connectivity index (χ0n) is 17.3. The van der Waals surface area contributed by atoms with Crippen molar-refractivity contribution in [2.75, 3.05) is 14.2 Å². The first-order chi connectivity index (χ1) is 15.6. The molecule has 160 valence electrons. The normalized spacial score (nSPS) is 10.5. The maximum atomic E-state index is 12.4. The minimum Gasteiger partial charge on any atom is -0.497 e. The van der Waals surface area contributed by atoms with E-state index < -0.39 is 5.56 Å². The first-order valence-corrected chi connectivity index (χ1v) is 10.5. The second-order valence-electron chi connectivity index (χ2n) is 6.63. The quantitative estimate of drug-likeness (QED) is 0.331. The van der Waals surface area contributed by atoms with Crippen LogP contribution in [0.25, 0.3) is 22.5 Å². The summed E-state index contributed by atoms with van der Waals surface area (Å²) in [5.74, 6) is 2.46. The molecule has 0 aliphatic carbocycles. The predicted molar refractivity (Wildman–Crippen MR) is 120 cm³/mol. The number of aromatic nitrogens is 3. The number of hydrogen-bond donors (Lipinski definition) is 1. The zero-order chi connectivity index (χ0) is 22.5. The third kappa shape index (κ3) is 4.50. The molecule has 0 spiro atoms. The van der Waals surface area contributed by atoms with E-state index in [-0.39, 0.29) is 5.56 Å². The van der Waals surface area contributed by atoms with Crippen molar-refractivity contribution >= 4 is 11.8 Å². The highest BCUT2D eigenvalue weighted by Crippen LogP contribution is 2.27. The Hall–Kier alpha value is -4.03. The highest BCUT2D eigenvalue weighted by molar-refractivity contribution is 7.98. The van der Waals surface area contributed by atoms with Gasteiger partial charge in [-0.05, 0) is 48.5 Å². The van der Waals surface area contributed by atoms with Gasteiger partial charge in [0.15, 0.2) is 5.16 Å². The van der Waals surface area contributed by atoms with Crippen LogP contribution in [-0.2, 0) is 5.75 Å². The first-order valence-electron chi connectivity index (χ1n) is 9.53. The van der Waals surface area contributed by atoms with Crippen molar-refractivity contribution in [1.82, 2.24) is 15.1 Å². The zero-order valence-corrected chi connectivity index (χ0v) is 18.1. The van der Waals surface area contributed by atoms with E-state index in [1.807, 2.05) is 36.4 Å². The lowest BCUT2D eigenvalue weighted by Gasteiger charge is -2.07. The Morgan fingerprint density at radius 3 is 2.25 bits per heavy atom. The molecule has 0 fully saturated rings. The van der Waals surface area contributed by atoms with Gasteiger partial charge in [-0.3, -0.25) is 4.79 Å². The van der Waals surface area contributed by atoms with E-state index in [4.69, 9.17) is 14.0 Å². The lowest BCUT2D eigenvalue weighted by atomic mass is 10.1. The summed E-state index contributed by atoms with van der Waals surface area (Å²) in [5.41, 5.74) is 2.03. The molecule has 0 saturated carbocycles. The summed E-state index contributed by atoms with van der Waals surface area (Å²) in [7, 11) is 3.18. The molecular weight excluding hydrogens is 428 g/mol. The number of methoxy groups -OCH3 is 2. The first kappa shape index (κ1) is 21.2. The van der Waals surface area contributed by atoms with Crippen LogP contribution in [0.5, 0.6) is 11.5 Å². The number of aromatic amines is 1. The van der Waals surface area contributed by atoms with Crippen LogP contribution < -0.4 is 15.0 Å². The fraction of sp³-hybridized carbons (Fsp3) is 0.130. The van der Waals surface area contributed by atoms with Gasteiger partial charge in [0.05, 0.1) is 25.7 Å². The van der Waals surface area contributed by atoms with Gasteiger partial charge in [0.25, 0.3) is 5.56 Å².